The minimum Gasteiger partial charge on any atom is -0.436 e. The fraction of sp³-hybridized carbons (Fsp3) is 0.0909. The summed E-state index contributed by atoms with van der Waals surface area (Å²) in [6.45, 7) is 2.64. The molecule has 0 spiro atoms. The van der Waals surface area contributed by atoms with Crippen LogP contribution in [0, 0.1) is 17.0 Å². The van der Waals surface area contributed by atoms with Gasteiger partial charge in [0.2, 0.25) is 5.89 Å². The molecule has 0 fully saturated rings. The Hall–Kier alpha value is -3.32. The fourth-order valence-corrected chi connectivity index (χ4v) is 2.94. The number of nitro benzene ring substituents is 1. The molecule has 0 bridgehead atoms. The molecule has 0 amide bonds. The summed E-state index contributed by atoms with van der Waals surface area (Å²) < 4.78 is 7.94. The molecule has 7 heteroatoms. The zero-order valence-corrected chi connectivity index (χ0v) is 17.4. The number of nitro groups is 1. The van der Waals surface area contributed by atoms with Crippen molar-refractivity contribution in [2.24, 2.45) is 0 Å². The lowest BCUT2D eigenvalue weighted by Crippen LogP contribution is -2.33. The monoisotopic (exact) mass is 452 g/mol. The van der Waals surface area contributed by atoms with Gasteiger partial charge < -0.3 is 4.42 Å². The highest BCUT2D eigenvalue weighted by Gasteiger charge is 2.13. The van der Waals surface area contributed by atoms with Crippen molar-refractivity contribution in [1.82, 2.24) is 4.98 Å². The summed E-state index contributed by atoms with van der Waals surface area (Å²) in [6.07, 6.45) is 5.62. The number of hydrogen-bond acceptors (Lipinski definition) is 4. The van der Waals surface area contributed by atoms with Crippen LogP contribution in [0.5, 0.6) is 0 Å². The SMILES string of the molecule is Br.Cc1ccc(-c2cnc(-c3ccc[n+](Cc4ccc([N+](=O)[O-])cc4)c3)o2)cc1. The minimum absolute atomic E-state index is 0. The third-order valence-corrected chi connectivity index (χ3v) is 4.46. The number of aromatic nitrogens is 2. The van der Waals surface area contributed by atoms with Crippen molar-refractivity contribution < 1.29 is 13.9 Å². The third-order valence-electron chi connectivity index (χ3n) is 4.46. The van der Waals surface area contributed by atoms with Crippen LogP contribution in [0.25, 0.3) is 22.8 Å². The number of hydrogen-bond donors (Lipinski definition) is 0. The molecule has 2 heterocycles. The molecule has 0 saturated carbocycles. The van der Waals surface area contributed by atoms with E-state index in [1.54, 1.807) is 18.3 Å². The topological polar surface area (TPSA) is 73.0 Å². The molecule has 0 saturated heterocycles. The van der Waals surface area contributed by atoms with Crippen LogP contribution in [0.2, 0.25) is 0 Å². The van der Waals surface area contributed by atoms with Crippen molar-refractivity contribution in [1.29, 1.82) is 0 Å². The normalized spacial score (nSPS) is 10.4. The highest BCUT2D eigenvalue weighted by atomic mass is 79.9. The van der Waals surface area contributed by atoms with Gasteiger partial charge in [-0.1, -0.05) is 29.8 Å². The van der Waals surface area contributed by atoms with Crippen LogP contribution in [0.4, 0.5) is 5.69 Å². The van der Waals surface area contributed by atoms with Gasteiger partial charge in [0, 0.05) is 29.3 Å². The van der Waals surface area contributed by atoms with Gasteiger partial charge in [0.05, 0.1) is 11.1 Å². The zero-order chi connectivity index (χ0) is 19.5. The minimum atomic E-state index is -0.397. The van der Waals surface area contributed by atoms with Crippen molar-refractivity contribution >= 4 is 22.7 Å². The molecule has 2 aromatic carbocycles. The molecule has 146 valence electrons. The van der Waals surface area contributed by atoms with Crippen LogP contribution in [0.1, 0.15) is 11.1 Å². The predicted octanol–water partition coefficient (Wildman–Crippen LogP) is 5.14. The number of non-ortho nitro benzene ring substituents is 1. The van der Waals surface area contributed by atoms with Gasteiger partial charge in [-0.3, -0.25) is 10.1 Å². The summed E-state index contributed by atoms with van der Waals surface area (Å²) in [4.78, 5) is 14.8. The molecule has 0 unspecified atom stereocenters. The van der Waals surface area contributed by atoms with E-state index < -0.39 is 4.92 Å². The van der Waals surface area contributed by atoms with Gasteiger partial charge in [0.25, 0.3) is 5.69 Å². The Morgan fingerprint density at radius 3 is 2.45 bits per heavy atom. The van der Waals surface area contributed by atoms with Crippen LogP contribution in [-0.4, -0.2) is 9.91 Å². The summed E-state index contributed by atoms with van der Waals surface area (Å²) in [7, 11) is 0. The first-order valence-electron chi connectivity index (χ1n) is 8.84. The second-order valence-corrected chi connectivity index (χ2v) is 6.58. The van der Waals surface area contributed by atoms with E-state index in [1.165, 1.54) is 17.7 Å². The Bertz CT molecular complexity index is 1120. The molecular formula is C22H19BrN3O3+. The van der Waals surface area contributed by atoms with Crippen molar-refractivity contribution in [3.8, 4) is 22.8 Å². The highest BCUT2D eigenvalue weighted by molar-refractivity contribution is 8.93. The molecular weight excluding hydrogens is 434 g/mol. The quantitative estimate of drug-likeness (QED) is 0.238. The molecule has 29 heavy (non-hydrogen) atoms. The zero-order valence-electron chi connectivity index (χ0n) is 15.7. The molecule has 4 aromatic rings. The number of nitrogens with zero attached hydrogens (tertiary/aromatic N) is 3. The molecule has 2 aromatic heterocycles. The summed E-state index contributed by atoms with van der Waals surface area (Å²) in [5.41, 5.74) is 4.10. The van der Waals surface area contributed by atoms with E-state index in [0.29, 0.717) is 12.4 Å². The fourth-order valence-electron chi connectivity index (χ4n) is 2.94. The van der Waals surface area contributed by atoms with Gasteiger partial charge >= 0.3 is 0 Å². The maximum atomic E-state index is 10.8. The van der Waals surface area contributed by atoms with Crippen molar-refractivity contribution in [2.45, 2.75) is 13.5 Å². The van der Waals surface area contributed by atoms with Crippen molar-refractivity contribution in [3.63, 3.8) is 0 Å². The third kappa shape index (κ3) is 4.75. The Labute approximate surface area is 178 Å². The Kier molecular flexibility index (Phi) is 6.19. The number of halogens is 1. The van der Waals surface area contributed by atoms with E-state index in [9.17, 15) is 10.1 Å². The maximum Gasteiger partial charge on any atom is 0.269 e. The van der Waals surface area contributed by atoms with Gasteiger partial charge in [0.15, 0.2) is 24.7 Å². The number of pyridine rings is 1. The standard InChI is InChI=1S/C22H18N3O3.BrH/c1-16-4-8-18(9-5-16)21-13-23-22(28-21)19-3-2-12-24(15-19)14-17-6-10-20(11-7-17)25(26)27;/h2-13,15H,14H2,1H3;1H/q+1;. The van der Waals surface area contributed by atoms with Crippen LogP contribution < -0.4 is 4.57 Å². The second-order valence-electron chi connectivity index (χ2n) is 6.58. The number of oxazole rings is 1. The van der Waals surface area contributed by atoms with Crippen molar-refractivity contribution in [2.75, 3.05) is 0 Å². The summed E-state index contributed by atoms with van der Waals surface area (Å²) >= 11 is 0. The van der Waals surface area contributed by atoms with E-state index in [-0.39, 0.29) is 22.7 Å². The maximum absolute atomic E-state index is 10.8. The van der Waals surface area contributed by atoms with E-state index in [1.807, 2.05) is 60.3 Å². The van der Waals surface area contributed by atoms with E-state index in [4.69, 9.17) is 4.42 Å². The second kappa shape index (κ2) is 8.79. The van der Waals surface area contributed by atoms with Crippen molar-refractivity contribution in [3.05, 3.63) is 100 Å². The van der Waals surface area contributed by atoms with Gasteiger partial charge in [-0.2, -0.15) is 4.57 Å². The molecule has 6 nitrogen and oxygen atoms in total. The Balaban J connectivity index is 0.00000240. The largest absolute Gasteiger partial charge is 0.436 e. The van der Waals surface area contributed by atoms with E-state index in [0.717, 1.165) is 22.5 Å². The van der Waals surface area contributed by atoms with Gasteiger partial charge in [-0.15, -0.1) is 17.0 Å². The molecule has 0 aliphatic rings. The van der Waals surface area contributed by atoms with Gasteiger partial charge in [-0.25, -0.2) is 4.98 Å². The average molecular weight is 453 g/mol. The van der Waals surface area contributed by atoms with E-state index in [2.05, 4.69) is 4.98 Å². The lowest BCUT2D eigenvalue weighted by molar-refractivity contribution is -0.687. The first-order valence-corrected chi connectivity index (χ1v) is 8.84. The average Bonchev–Trinajstić information content (AvgIpc) is 3.19. The molecule has 0 aliphatic carbocycles. The molecule has 0 radical (unpaired) electrons. The number of aryl methyl sites for hydroxylation is 1. The van der Waals surface area contributed by atoms with Gasteiger partial charge in [0.1, 0.15) is 5.56 Å². The number of benzene rings is 2. The van der Waals surface area contributed by atoms with Crippen LogP contribution in [0.15, 0.2) is 83.7 Å². The number of rotatable bonds is 5. The highest BCUT2D eigenvalue weighted by Crippen LogP contribution is 2.25. The van der Waals surface area contributed by atoms with Crippen LogP contribution in [0.3, 0.4) is 0 Å². The molecule has 4 rings (SSSR count). The Morgan fingerprint density at radius 2 is 1.76 bits per heavy atom. The molecule has 0 N–H and O–H groups in total. The first kappa shape index (κ1) is 20.4. The predicted molar refractivity (Wildman–Crippen MR) is 115 cm³/mol. The summed E-state index contributed by atoms with van der Waals surface area (Å²) in [6, 6.07) is 18.5. The lowest BCUT2D eigenvalue weighted by atomic mass is 10.1. The first-order chi connectivity index (χ1) is 13.6. The Morgan fingerprint density at radius 1 is 1.03 bits per heavy atom. The van der Waals surface area contributed by atoms with Gasteiger partial charge in [-0.05, 0) is 25.1 Å². The van der Waals surface area contributed by atoms with E-state index >= 15 is 0 Å². The summed E-state index contributed by atoms with van der Waals surface area (Å²) in [5, 5.41) is 10.8. The molecule has 0 aliphatic heterocycles. The molecule has 0 atom stereocenters. The lowest BCUT2D eigenvalue weighted by Gasteiger charge is -2.00. The van der Waals surface area contributed by atoms with Crippen LogP contribution in [-0.2, 0) is 6.54 Å². The summed E-state index contributed by atoms with van der Waals surface area (Å²) in [5.74, 6) is 1.27. The van der Waals surface area contributed by atoms with Crippen LogP contribution >= 0.6 is 17.0 Å². The smallest absolute Gasteiger partial charge is 0.269 e.